The molecule has 0 amide bonds. The van der Waals surface area contributed by atoms with E-state index in [1.807, 2.05) is 6.08 Å². The quantitative estimate of drug-likeness (QED) is 0.573. The number of ether oxygens (including phenoxy) is 1. The monoisotopic (exact) mass is 341 g/mol. The van der Waals surface area contributed by atoms with Gasteiger partial charge in [-0.25, -0.2) is 0 Å². The first-order valence-corrected chi connectivity index (χ1v) is 8.98. The molecule has 2 bridgehead atoms. The van der Waals surface area contributed by atoms with Crippen molar-refractivity contribution >= 4 is 5.78 Å². The number of nitrogens with zero attached hydrogens (tertiary/aromatic N) is 1. The van der Waals surface area contributed by atoms with Crippen molar-refractivity contribution in [2.24, 2.45) is 11.3 Å². The van der Waals surface area contributed by atoms with Gasteiger partial charge in [-0.05, 0) is 43.7 Å². The second kappa shape index (κ2) is 4.80. The lowest BCUT2D eigenvalue weighted by atomic mass is 9.50. The molecule has 5 aliphatic rings. The van der Waals surface area contributed by atoms with Crippen LogP contribution in [0.5, 0.6) is 0 Å². The van der Waals surface area contributed by atoms with Crippen LogP contribution in [-0.2, 0) is 9.53 Å². The fraction of sp³-hybridized carbons (Fsp3) is 0.550. The molecule has 5 nitrogen and oxygen atoms in total. The molecule has 0 radical (unpaired) electrons. The van der Waals surface area contributed by atoms with Crippen LogP contribution >= 0.6 is 0 Å². The van der Waals surface area contributed by atoms with Gasteiger partial charge in [-0.3, -0.25) is 4.79 Å². The van der Waals surface area contributed by atoms with Crippen LogP contribution in [0.2, 0.25) is 0 Å². The van der Waals surface area contributed by atoms with Crippen LogP contribution in [-0.4, -0.2) is 64.4 Å². The number of aliphatic hydroxyl groups excluding tert-OH is 2. The van der Waals surface area contributed by atoms with E-state index in [0.29, 0.717) is 6.04 Å². The summed E-state index contributed by atoms with van der Waals surface area (Å²) in [7, 11) is 2.14. The van der Waals surface area contributed by atoms with E-state index in [0.717, 1.165) is 30.5 Å². The molecule has 2 heterocycles. The third-order valence-electron chi connectivity index (χ3n) is 7.13. The number of hydrogen-bond donors (Lipinski definition) is 2. The van der Waals surface area contributed by atoms with E-state index >= 15 is 0 Å². The molecule has 25 heavy (non-hydrogen) atoms. The van der Waals surface area contributed by atoms with Gasteiger partial charge in [0.1, 0.15) is 6.10 Å². The van der Waals surface area contributed by atoms with Crippen molar-refractivity contribution < 1.29 is 19.7 Å². The Balaban J connectivity index is 1.83. The molecule has 0 saturated carbocycles. The minimum absolute atomic E-state index is 0.177. The molecule has 0 aromatic heterocycles. The highest BCUT2D eigenvalue weighted by atomic mass is 16.5. The van der Waals surface area contributed by atoms with Gasteiger partial charge in [0, 0.05) is 17.4 Å². The Bertz CT molecular complexity index is 768. The molecule has 2 unspecified atom stereocenters. The zero-order valence-corrected chi connectivity index (χ0v) is 14.3. The van der Waals surface area contributed by atoms with Crippen LogP contribution in [0.4, 0.5) is 0 Å². The summed E-state index contributed by atoms with van der Waals surface area (Å²) in [6.07, 6.45) is 8.05. The molecule has 7 atom stereocenters. The summed E-state index contributed by atoms with van der Waals surface area (Å²) in [5.74, 6) is -0.138. The average Bonchev–Trinajstić information content (AvgIpc) is 2.94. The maximum Gasteiger partial charge on any atom is 0.194 e. The predicted octanol–water partition coefficient (Wildman–Crippen LogP) is 0.747. The van der Waals surface area contributed by atoms with Gasteiger partial charge in [0.15, 0.2) is 11.4 Å². The van der Waals surface area contributed by atoms with Crippen LogP contribution in [0.1, 0.15) is 12.8 Å². The van der Waals surface area contributed by atoms with Crippen LogP contribution in [0.3, 0.4) is 0 Å². The fourth-order valence-corrected chi connectivity index (χ4v) is 6.13. The van der Waals surface area contributed by atoms with E-state index < -0.39 is 29.3 Å². The average molecular weight is 341 g/mol. The Morgan fingerprint density at radius 1 is 1.40 bits per heavy atom. The topological polar surface area (TPSA) is 70.0 Å². The molecule has 0 aromatic rings. The number of piperidine rings is 1. The number of hydrogen-bond acceptors (Lipinski definition) is 5. The van der Waals surface area contributed by atoms with Gasteiger partial charge in [0.25, 0.3) is 0 Å². The second-order valence-corrected chi connectivity index (χ2v) is 7.99. The zero-order chi connectivity index (χ0) is 17.6. The Morgan fingerprint density at radius 3 is 2.96 bits per heavy atom. The van der Waals surface area contributed by atoms with E-state index in [1.165, 1.54) is 6.08 Å². The third kappa shape index (κ3) is 1.57. The Labute approximate surface area is 147 Å². The lowest BCUT2D eigenvalue weighted by Gasteiger charge is -2.58. The molecule has 1 spiro atoms. The largest absolute Gasteiger partial charge is 0.386 e. The maximum atomic E-state index is 12.9. The summed E-state index contributed by atoms with van der Waals surface area (Å²) in [4.78, 5) is 15.3. The summed E-state index contributed by atoms with van der Waals surface area (Å²) in [5.41, 5.74) is 0.132. The lowest BCUT2D eigenvalue weighted by Crippen LogP contribution is -2.62. The number of ketones is 1. The van der Waals surface area contributed by atoms with Gasteiger partial charge in [0.2, 0.25) is 0 Å². The number of likely N-dealkylation sites (tertiary alicyclic amines) is 1. The molecule has 5 rings (SSSR count). The molecule has 3 aliphatic carbocycles. The molecule has 0 aromatic carbocycles. The van der Waals surface area contributed by atoms with Crippen LogP contribution < -0.4 is 0 Å². The third-order valence-corrected chi connectivity index (χ3v) is 7.13. The van der Waals surface area contributed by atoms with Crippen LogP contribution in [0.25, 0.3) is 0 Å². The van der Waals surface area contributed by atoms with Crippen molar-refractivity contribution in [1.82, 2.24) is 4.90 Å². The van der Waals surface area contributed by atoms with E-state index in [2.05, 4.69) is 24.6 Å². The van der Waals surface area contributed by atoms with Gasteiger partial charge in [-0.2, -0.15) is 0 Å². The first-order chi connectivity index (χ1) is 12.0. The Morgan fingerprint density at radius 2 is 2.20 bits per heavy atom. The Hall–Kier alpha value is -1.53. The standard InChI is InChI=1S/C20H23NO4/c1-3-15(23)20-16(24)7-4-11-10-13-12-5-6-14(22)18(25-20)19(12,17(11)20)8-9-21(13)2/h3-7,12-14,16,18,22,24H,1,8-10H2,2H3/t12-,13+,14-,16?,18-,19-,20?/m0/s1. The van der Waals surface area contributed by atoms with Crippen molar-refractivity contribution in [2.75, 3.05) is 13.6 Å². The van der Waals surface area contributed by atoms with Crippen LogP contribution in [0.15, 0.2) is 48.1 Å². The van der Waals surface area contributed by atoms with Gasteiger partial charge in [-0.15, -0.1) is 0 Å². The summed E-state index contributed by atoms with van der Waals surface area (Å²) in [6, 6.07) is 0.317. The van der Waals surface area contributed by atoms with Crippen molar-refractivity contribution in [1.29, 1.82) is 0 Å². The lowest BCUT2D eigenvalue weighted by molar-refractivity contribution is -0.159. The zero-order valence-electron chi connectivity index (χ0n) is 14.3. The number of allylic oxidation sites excluding steroid dienone is 1. The van der Waals surface area contributed by atoms with Gasteiger partial charge in [-0.1, -0.05) is 30.9 Å². The minimum Gasteiger partial charge on any atom is -0.386 e. The Kier molecular flexibility index (Phi) is 3.01. The molecule has 2 N–H and O–H groups in total. The van der Waals surface area contributed by atoms with E-state index in [-0.39, 0.29) is 11.7 Å². The molecule has 2 fully saturated rings. The predicted molar refractivity (Wildman–Crippen MR) is 91.7 cm³/mol. The van der Waals surface area contributed by atoms with E-state index in [9.17, 15) is 15.0 Å². The summed E-state index contributed by atoms with van der Waals surface area (Å²) >= 11 is 0. The second-order valence-electron chi connectivity index (χ2n) is 7.99. The summed E-state index contributed by atoms with van der Waals surface area (Å²) in [5, 5.41) is 21.5. The smallest absolute Gasteiger partial charge is 0.194 e. The van der Waals surface area contributed by atoms with Gasteiger partial charge in [0.05, 0.1) is 12.2 Å². The van der Waals surface area contributed by atoms with Crippen molar-refractivity contribution in [3.8, 4) is 0 Å². The summed E-state index contributed by atoms with van der Waals surface area (Å²) in [6.45, 7) is 4.53. The number of carbonyl (C=O) groups is 1. The maximum absolute atomic E-state index is 12.9. The highest BCUT2D eigenvalue weighted by Gasteiger charge is 2.73. The molecule has 132 valence electrons. The molecular formula is C20H23NO4. The van der Waals surface area contributed by atoms with Crippen molar-refractivity contribution in [2.45, 2.75) is 42.8 Å². The molecular weight excluding hydrogens is 318 g/mol. The normalized spacial score (nSPS) is 50.0. The number of rotatable bonds is 2. The first-order valence-electron chi connectivity index (χ1n) is 8.98. The summed E-state index contributed by atoms with van der Waals surface area (Å²) < 4.78 is 6.33. The minimum atomic E-state index is -1.43. The first kappa shape index (κ1) is 15.7. The van der Waals surface area contributed by atoms with Gasteiger partial charge < -0.3 is 19.8 Å². The van der Waals surface area contributed by atoms with Crippen LogP contribution in [0, 0.1) is 11.3 Å². The molecule has 5 heteroatoms. The number of aliphatic hydroxyl groups is 2. The molecule has 2 saturated heterocycles. The van der Waals surface area contributed by atoms with Crippen molar-refractivity contribution in [3.63, 3.8) is 0 Å². The van der Waals surface area contributed by atoms with Crippen molar-refractivity contribution in [3.05, 3.63) is 48.1 Å². The van der Waals surface area contributed by atoms with Gasteiger partial charge >= 0.3 is 0 Å². The molecule has 2 aliphatic heterocycles. The highest BCUT2D eigenvalue weighted by Crippen LogP contribution is 2.67. The highest BCUT2D eigenvalue weighted by molar-refractivity contribution is 6.01. The SMILES string of the molecule is C=CC(=O)C12O[C@H]3[C@@H](O)C=C[C@H]4[C@H]5CC(=C1[C@]43CCN5C)C=CC2O. The van der Waals surface area contributed by atoms with E-state index in [4.69, 9.17) is 4.74 Å². The van der Waals surface area contributed by atoms with E-state index in [1.54, 1.807) is 12.2 Å². The fourth-order valence-electron chi connectivity index (χ4n) is 6.13. The number of carbonyl (C=O) groups excluding carboxylic acids is 1.